The van der Waals surface area contributed by atoms with E-state index in [0.29, 0.717) is 5.70 Å². The van der Waals surface area contributed by atoms with Crippen molar-refractivity contribution >= 4 is 22.5 Å². The molecule has 3 heteroatoms. The molecule has 1 aromatic heterocycles. The number of carbonyl (C=O) groups excluding carboxylic acids is 1. The first-order chi connectivity index (χ1) is 13.6. The first-order valence-electron chi connectivity index (χ1n) is 8.98. The highest BCUT2D eigenvalue weighted by Crippen LogP contribution is 2.42. The van der Waals surface area contributed by atoms with Gasteiger partial charge in [-0.15, -0.1) is 0 Å². The molecule has 0 spiro atoms. The smallest absolute Gasteiger partial charge is 0.151 e. The van der Waals surface area contributed by atoms with Crippen LogP contribution in [0.15, 0.2) is 85.5 Å². The monoisotopic (exact) mass is 367 g/mol. The molecule has 0 atom stereocenters. The molecule has 0 bridgehead atoms. The van der Waals surface area contributed by atoms with E-state index in [-0.39, 0.29) is 5.82 Å². The van der Waals surface area contributed by atoms with Crippen LogP contribution in [0.3, 0.4) is 0 Å². The van der Waals surface area contributed by atoms with Crippen LogP contribution in [0.25, 0.3) is 39.0 Å². The number of fused-ring (bicyclic) bond motifs is 1. The summed E-state index contributed by atoms with van der Waals surface area (Å²) in [6, 6.07) is 22.4. The van der Waals surface area contributed by atoms with E-state index < -0.39 is 0 Å². The molecule has 0 N–H and O–H groups in total. The molecule has 0 saturated heterocycles. The summed E-state index contributed by atoms with van der Waals surface area (Å²) < 4.78 is 15.5. The minimum Gasteiger partial charge on any atom is -0.299 e. The molecule has 0 aliphatic carbocycles. The quantitative estimate of drug-likeness (QED) is 0.307. The third kappa shape index (κ3) is 2.88. The Labute approximate surface area is 162 Å². The van der Waals surface area contributed by atoms with Crippen molar-refractivity contribution in [1.29, 1.82) is 0 Å². The summed E-state index contributed by atoms with van der Waals surface area (Å²) in [5.74, 6) is 1.72. The number of aryl methyl sites for hydroxylation is 1. The molecule has 4 aromatic rings. The molecular weight excluding hydrogens is 349 g/mol. The van der Waals surface area contributed by atoms with Gasteiger partial charge in [-0.3, -0.25) is 4.57 Å². The van der Waals surface area contributed by atoms with Gasteiger partial charge in [0.1, 0.15) is 11.5 Å². The maximum Gasteiger partial charge on any atom is 0.151 e. The number of halogens is 1. The Morgan fingerprint density at radius 1 is 1.00 bits per heavy atom. The number of allylic oxidation sites excluding steroid dienone is 2. The third-order valence-electron chi connectivity index (χ3n) is 4.84. The van der Waals surface area contributed by atoms with Crippen LogP contribution in [0.1, 0.15) is 5.56 Å². The van der Waals surface area contributed by atoms with Crippen molar-refractivity contribution in [2.45, 2.75) is 6.92 Å². The highest BCUT2D eigenvalue weighted by Gasteiger charge is 2.21. The van der Waals surface area contributed by atoms with E-state index in [1.54, 1.807) is 12.1 Å². The zero-order valence-corrected chi connectivity index (χ0v) is 15.4. The lowest BCUT2D eigenvalue weighted by Crippen LogP contribution is -1.98. The molecule has 0 saturated carbocycles. The summed E-state index contributed by atoms with van der Waals surface area (Å²) in [6.45, 7) is 5.82. The van der Waals surface area contributed by atoms with Gasteiger partial charge < -0.3 is 0 Å². The Kier molecular flexibility index (Phi) is 4.52. The lowest BCUT2D eigenvalue weighted by molar-refractivity contribution is 0.569. The molecule has 1 heterocycles. The largest absolute Gasteiger partial charge is 0.299 e. The van der Waals surface area contributed by atoms with Gasteiger partial charge in [-0.05, 0) is 48.4 Å². The molecule has 0 aliphatic rings. The lowest BCUT2D eigenvalue weighted by atomic mass is 9.97. The van der Waals surface area contributed by atoms with Gasteiger partial charge in [0.05, 0.1) is 11.2 Å². The van der Waals surface area contributed by atoms with Gasteiger partial charge in [0.2, 0.25) is 0 Å². The number of benzene rings is 3. The fourth-order valence-corrected chi connectivity index (χ4v) is 3.61. The van der Waals surface area contributed by atoms with E-state index in [4.69, 9.17) is 0 Å². The number of hydrogen-bond donors (Lipinski definition) is 0. The molecule has 4 rings (SSSR count). The third-order valence-corrected chi connectivity index (χ3v) is 4.84. The van der Waals surface area contributed by atoms with E-state index in [0.717, 1.165) is 38.9 Å². The van der Waals surface area contributed by atoms with Crippen molar-refractivity contribution in [3.05, 3.63) is 96.8 Å². The normalized spacial score (nSPS) is 10.6. The minimum absolute atomic E-state index is 0.288. The van der Waals surface area contributed by atoms with Gasteiger partial charge in [-0.25, -0.2) is 9.18 Å². The number of aromatic nitrogens is 1. The molecule has 136 valence electrons. The van der Waals surface area contributed by atoms with Crippen LogP contribution in [0.2, 0.25) is 0 Å². The summed E-state index contributed by atoms with van der Waals surface area (Å²) in [6.07, 6.45) is 1.51. The summed E-state index contributed by atoms with van der Waals surface area (Å²) in [4.78, 5) is 11.7. The second-order valence-corrected chi connectivity index (χ2v) is 6.64. The zero-order valence-electron chi connectivity index (χ0n) is 15.4. The summed E-state index contributed by atoms with van der Waals surface area (Å²) >= 11 is 0. The average Bonchev–Trinajstić information content (AvgIpc) is 3.04. The highest BCUT2D eigenvalue weighted by atomic mass is 19.1. The van der Waals surface area contributed by atoms with Crippen molar-refractivity contribution in [3.63, 3.8) is 0 Å². The first kappa shape index (κ1) is 17.7. The van der Waals surface area contributed by atoms with Crippen LogP contribution < -0.4 is 0 Å². The molecule has 0 fully saturated rings. The Bertz CT molecular complexity index is 1230. The zero-order chi connectivity index (χ0) is 19.7. The van der Waals surface area contributed by atoms with Crippen molar-refractivity contribution in [2.75, 3.05) is 0 Å². The van der Waals surface area contributed by atoms with Gasteiger partial charge in [0.15, 0.2) is 5.94 Å². The summed E-state index contributed by atoms with van der Waals surface area (Å²) in [5, 5.41) is 0.986. The molecule has 0 unspecified atom stereocenters. The van der Waals surface area contributed by atoms with E-state index >= 15 is 0 Å². The van der Waals surface area contributed by atoms with Crippen LogP contribution in [-0.2, 0) is 4.79 Å². The number of hydrogen-bond acceptors (Lipinski definition) is 1. The summed E-state index contributed by atoms with van der Waals surface area (Å²) in [5.41, 5.74) is 5.94. The van der Waals surface area contributed by atoms with E-state index in [2.05, 4.69) is 12.6 Å². The van der Waals surface area contributed by atoms with Crippen LogP contribution in [-0.4, -0.2) is 10.5 Å². The predicted molar refractivity (Wildman–Crippen MR) is 113 cm³/mol. The van der Waals surface area contributed by atoms with Gasteiger partial charge in [0.25, 0.3) is 0 Å². The second-order valence-electron chi connectivity index (χ2n) is 6.64. The standard InChI is InChI=1S/C25H18FNO/c1-3-21(16-28)27-23-14-9-17(2)15-22(23)24(18-10-12-20(26)13-11-18)25(27)19-7-5-4-6-8-19/h3-15H,1H2,2H3. The van der Waals surface area contributed by atoms with Crippen LogP contribution in [0.4, 0.5) is 4.39 Å². The Morgan fingerprint density at radius 2 is 1.71 bits per heavy atom. The topological polar surface area (TPSA) is 22.0 Å². The Balaban J connectivity index is 2.23. The maximum atomic E-state index is 13.6. The van der Waals surface area contributed by atoms with Gasteiger partial charge in [-0.1, -0.05) is 60.7 Å². The Morgan fingerprint density at radius 3 is 2.36 bits per heavy atom. The van der Waals surface area contributed by atoms with Crippen LogP contribution in [0.5, 0.6) is 0 Å². The van der Waals surface area contributed by atoms with Crippen LogP contribution in [0, 0.1) is 12.7 Å². The van der Waals surface area contributed by atoms with Crippen molar-refractivity contribution in [1.82, 2.24) is 4.57 Å². The fourth-order valence-electron chi connectivity index (χ4n) is 3.61. The van der Waals surface area contributed by atoms with Gasteiger partial charge in [0, 0.05) is 10.9 Å². The fraction of sp³-hybridized carbons (Fsp3) is 0.0400. The van der Waals surface area contributed by atoms with E-state index in [9.17, 15) is 9.18 Å². The van der Waals surface area contributed by atoms with Crippen molar-refractivity contribution in [3.8, 4) is 22.4 Å². The van der Waals surface area contributed by atoms with Crippen molar-refractivity contribution < 1.29 is 9.18 Å². The van der Waals surface area contributed by atoms with Crippen molar-refractivity contribution in [2.24, 2.45) is 0 Å². The Hall–Kier alpha value is -3.68. The summed E-state index contributed by atoms with van der Waals surface area (Å²) in [7, 11) is 0. The minimum atomic E-state index is -0.288. The van der Waals surface area contributed by atoms with Crippen LogP contribution >= 0.6 is 0 Å². The van der Waals surface area contributed by atoms with E-state index in [1.807, 2.05) is 59.9 Å². The molecule has 0 aliphatic heterocycles. The average molecular weight is 367 g/mol. The van der Waals surface area contributed by atoms with E-state index in [1.165, 1.54) is 18.2 Å². The second kappa shape index (κ2) is 7.15. The molecular formula is C25H18FNO. The number of rotatable bonds is 4. The molecule has 3 aromatic carbocycles. The number of nitrogens with zero attached hydrogens (tertiary/aromatic N) is 1. The van der Waals surface area contributed by atoms with Gasteiger partial charge in [-0.2, -0.15) is 0 Å². The molecule has 2 nitrogen and oxygen atoms in total. The SMILES string of the molecule is C=CC(=C=O)n1c(-c2ccccc2)c(-c2ccc(F)cc2)c2cc(C)ccc21. The lowest BCUT2D eigenvalue weighted by Gasteiger charge is -2.12. The predicted octanol–water partition coefficient (Wildman–Crippen LogP) is 6.28. The molecule has 28 heavy (non-hydrogen) atoms. The molecule has 0 amide bonds. The highest BCUT2D eigenvalue weighted by molar-refractivity contribution is 6.08. The first-order valence-corrected chi connectivity index (χ1v) is 8.98. The maximum absolute atomic E-state index is 13.6. The molecule has 0 radical (unpaired) electrons. The van der Waals surface area contributed by atoms with Gasteiger partial charge >= 0.3 is 0 Å².